The van der Waals surface area contributed by atoms with Crippen molar-refractivity contribution in [1.29, 1.82) is 0 Å². The van der Waals surface area contributed by atoms with Crippen molar-refractivity contribution in [2.24, 2.45) is 0 Å². The number of anilines is 1. The number of sulfonamides is 1. The summed E-state index contributed by atoms with van der Waals surface area (Å²) in [6.07, 6.45) is 0. The fraction of sp³-hybridized carbons (Fsp3) is 0. The standard InChI is InChI=1S/C17H13NO4S/c19-17(20)14-6-3-7-15(10-14)18-23(21,22)16-9-8-12-4-1-2-5-13(12)11-16/h1-11,18H,(H,19,20). The summed E-state index contributed by atoms with van der Waals surface area (Å²) < 4.78 is 27.3. The Labute approximate surface area is 133 Å². The smallest absolute Gasteiger partial charge is 0.335 e. The summed E-state index contributed by atoms with van der Waals surface area (Å²) in [4.78, 5) is 11.1. The van der Waals surface area contributed by atoms with Crippen LogP contribution in [-0.2, 0) is 10.0 Å². The first kappa shape index (κ1) is 15.1. The van der Waals surface area contributed by atoms with E-state index < -0.39 is 16.0 Å². The van der Waals surface area contributed by atoms with E-state index in [9.17, 15) is 13.2 Å². The van der Waals surface area contributed by atoms with Crippen LogP contribution in [0.15, 0.2) is 71.6 Å². The van der Waals surface area contributed by atoms with E-state index in [4.69, 9.17) is 5.11 Å². The fourth-order valence-corrected chi connectivity index (χ4v) is 3.35. The molecular weight excluding hydrogens is 314 g/mol. The molecule has 0 fully saturated rings. The number of aromatic carboxylic acids is 1. The van der Waals surface area contributed by atoms with E-state index in [1.807, 2.05) is 24.3 Å². The van der Waals surface area contributed by atoms with Gasteiger partial charge in [-0.3, -0.25) is 4.72 Å². The number of hydrogen-bond acceptors (Lipinski definition) is 3. The molecule has 0 aliphatic heterocycles. The van der Waals surface area contributed by atoms with Crippen LogP contribution in [0.2, 0.25) is 0 Å². The van der Waals surface area contributed by atoms with E-state index in [0.717, 1.165) is 10.8 Å². The molecule has 0 unspecified atom stereocenters. The van der Waals surface area contributed by atoms with Gasteiger partial charge in [-0.05, 0) is 41.1 Å². The summed E-state index contributed by atoms with van der Waals surface area (Å²) >= 11 is 0. The summed E-state index contributed by atoms with van der Waals surface area (Å²) in [6.45, 7) is 0. The third-order valence-electron chi connectivity index (χ3n) is 3.39. The van der Waals surface area contributed by atoms with Gasteiger partial charge in [-0.2, -0.15) is 0 Å². The molecule has 0 aromatic heterocycles. The molecule has 5 nitrogen and oxygen atoms in total. The summed E-state index contributed by atoms with van der Waals surface area (Å²) in [6, 6.07) is 18.0. The molecule has 0 heterocycles. The van der Waals surface area contributed by atoms with Crippen LogP contribution in [0.3, 0.4) is 0 Å². The van der Waals surface area contributed by atoms with E-state index in [1.54, 1.807) is 12.1 Å². The van der Waals surface area contributed by atoms with E-state index in [0.29, 0.717) is 0 Å². The molecule has 2 N–H and O–H groups in total. The van der Waals surface area contributed by atoms with Gasteiger partial charge in [0.2, 0.25) is 0 Å². The molecule has 0 spiro atoms. The zero-order valence-electron chi connectivity index (χ0n) is 11.9. The molecule has 3 aromatic carbocycles. The normalized spacial score (nSPS) is 11.3. The molecule has 3 aromatic rings. The topological polar surface area (TPSA) is 83.5 Å². The Kier molecular flexibility index (Phi) is 3.75. The maximum atomic E-state index is 12.5. The molecule has 6 heteroatoms. The Hall–Kier alpha value is -2.86. The lowest BCUT2D eigenvalue weighted by Gasteiger charge is -2.09. The van der Waals surface area contributed by atoms with Crippen LogP contribution in [0, 0.1) is 0 Å². The van der Waals surface area contributed by atoms with Crippen molar-refractivity contribution in [3.8, 4) is 0 Å². The molecular formula is C17H13NO4S. The number of rotatable bonds is 4. The predicted molar refractivity (Wildman–Crippen MR) is 88.2 cm³/mol. The van der Waals surface area contributed by atoms with E-state index in [1.165, 1.54) is 30.3 Å². The summed E-state index contributed by atoms with van der Waals surface area (Å²) in [7, 11) is -3.79. The van der Waals surface area contributed by atoms with Gasteiger partial charge >= 0.3 is 5.97 Å². The van der Waals surface area contributed by atoms with E-state index in [-0.39, 0.29) is 16.1 Å². The Morgan fingerprint density at radius 3 is 2.35 bits per heavy atom. The number of benzene rings is 3. The summed E-state index contributed by atoms with van der Waals surface area (Å²) in [5, 5.41) is 10.7. The minimum absolute atomic E-state index is 0.0173. The maximum Gasteiger partial charge on any atom is 0.335 e. The number of hydrogen-bond donors (Lipinski definition) is 2. The minimum Gasteiger partial charge on any atom is -0.478 e. The molecule has 0 bridgehead atoms. The van der Waals surface area contributed by atoms with Crippen LogP contribution in [0.5, 0.6) is 0 Å². The van der Waals surface area contributed by atoms with Gasteiger partial charge in [0.25, 0.3) is 10.0 Å². The van der Waals surface area contributed by atoms with Crippen LogP contribution in [0.4, 0.5) is 5.69 Å². The van der Waals surface area contributed by atoms with Crippen LogP contribution in [-0.4, -0.2) is 19.5 Å². The summed E-state index contributed by atoms with van der Waals surface area (Å²) in [5.74, 6) is -1.11. The lowest BCUT2D eigenvalue weighted by atomic mass is 10.1. The first-order valence-corrected chi connectivity index (χ1v) is 8.29. The lowest BCUT2D eigenvalue weighted by Crippen LogP contribution is -2.13. The molecule has 0 saturated heterocycles. The van der Waals surface area contributed by atoms with Gasteiger partial charge in [0.05, 0.1) is 10.5 Å². The molecule has 3 rings (SSSR count). The zero-order chi connectivity index (χ0) is 16.4. The second-order valence-corrected chi connectivity index (χ2v) is 6.68. The van der Waals surface area contributed by atoms with Crippen LogP contribution in [0.1, 0.15) is 10.4 Å². The molecule has 0 saturated carbocycles. The SMILES string of the molecule is O=C(O)c1cccc(NS(=O)(=O)c2ccc3ccccc3c2)c1. The van der Waals surface area contributed by atoms with Crippen molar-refractivity contribution >= 4 is 32.5 Å². The first-order chi connectivity index (χ1) is 11.0. The largest absolute Gasteiger partial charge is 0.478 e. The number of carboxylic acids is 1. The van der Waals surface area contributed by atoms with Crippen molar-refractivity contribution in [1.82, 2.24) is 0 Å². The van der Waals surface area contributed by atoms with Gasteiger partial charge in [-0.25, -0.2) is 13.2 Å². The van der Waals surface area contributed by atoms with Gasteiger partial charge in [0, 0.05) is 5.69 Å². The van der Waals surface area contributed by atoms with E-state index in [2.05, 4.69) is 4.72 Å². The van der Waals surface area contributed by atoms with Crippen molar-refractivity contribution in [2.45, 2.75) is 4.90 Å². The van der Waals surface area contributed by atoms with Crippen molar-refractivity contribution < 1.29 is 18.3 Å². The molecule has 23 heavy (non-hydrogen) atoms. The number of nitrogens with one attached hydrogen (secondary N) is 1. The van der Waals surface area contributed by atoms with Gasteiger partial charge in [0.15, 0.2) is 0 Å². The van der Waals surface area contributed by atoms with Gasteiger partial charge in [-0.1, -0.05) is 36.4 Å². The number of carbonyl (C=O) groups is 1. The number of carboxylic acid groups (broad SMARTS) is 1. The average molecular weight is 327 g/mol. The molecule has 0 amide bonds. The summed E-state index contributed by atoms with van der Waals surface area (Å²) in [5.41, 5.74) is 0.224. The first-order valence-electron chi connectivity index (χ1n) is 6.81. The van der Waals surface area contributed by atoms with Crippen LogP contribution in [0.25, 0.3) is 10.8 Å². The highest BCUT2D eigenvalue weighted by Gasteiger charge is 2.15. The van der Waals surface area contributed by atoms with Gasteiger partial charge in [0.1, 0.15) is 0 Å². The highest BCUT2D eigenvalue weighted by Crippen LogP contribution is 2.21. The average Bonchev–Trinajstić information content (AvgIpc) is 2.54. The lowest BCUT2D eigenvalue weighted by molar-refractivity contribution is 0.0697. The third kappa shape index (κ3) is 3.17. The quantitative estimate of drug-likeness (QED) is 0.770. The Balaban J connectivity index is 1.97. The Bertz CT molecular complexity index is 996. The monoisotopic (exact) mass is 327 g/mol. The van der Waals surface area contributed by atoms with Crippen molar-refractivity contribution in [3.05, 3.63) is 72.3 Å². The predicted octanol–water partition coefficient (Wildman–Crippen LogP) is 3.34. The maximum absolute atomic E-state index is 12.5. The van der Waals surface area contributed by atoms with Crippen LogP contribution < -0.4 is 4.72 Å². The highest BCUT2D eigenvalue weighted by molar-refractivity contribution is 7.92. The van der Waals surface area contributed by atoms with Crippen LogP contribution >= 0.6 is 0 Å². The second kappa shape index (κ2) is 5.73. The Morgan fingerprint density at radius 2 is 1.61 bits per heavy atom. The van der Waals surface area contributed by atoms with Crippen molar-refractivity contribution in [2.75, 3.05) is 4.72 Å². The minimum atomic E-state index is -3.79. The third-order valence-corrected chi connectivity index (χ3v) is 4.77. The molecule has 0 radical (unpaired) electrons. The fourth-order valence-electron chi connectivity index (χ4n) is 2.26. The zero-order valence-corrected chi connectivity index (χ0v) is 12.7. The van der Waals surface area contributed by atoms with Crippen molar-refractivity contribution in [3.63, 3.8) is 0 Å². The molecule has 0 aliphatic rings. The molecule has 0 atom stereocenters. The second-order valence-electron chi connectivity index (χ2n) is 5.00. The van der Waals surface area contributed by atoms with E-state index >= 15 is 0 Å². The number of fused-ring (bicyclic) bond motifs is 1. The Morgan fingerprint density at radius 1 is 0.870 bits per heavy atom. The van der Waals surface area contributed by atoms with Gasteiger partial charge in [-0.15, -0.1) is 0 Å². The van der Waals surface area contributed by atoms with Gasteiger partial charge < -0.3 is 5.11 Å². The highest BCUT2D eigenvalue weighted by atomic mass is 32.2. The molecule has 116 valence electrons. The molecule has 0 aliphatic carbocycles.